The van der Waals surface area contributed by atoms with E-state index in [4.69, 9.17) is 0 Å². The number of carbonyl (C=O) groups excluding carboxylic acids is 1. The van der Waals surface area contributed by atoms with Crippen molar-refractivity contribution in [2.24, 2.45) is 5.92 Å². The Morgan fingerprint density at radius 2 is 2.04 bits per heavy atom. The van der Waals surface area contributed by atoms with Crippen LogP contribution in [-0.2, 0) is 0 Å². The highest BCUT2D eigenvalue weighted by molar-refractivity contribution is 5.95. The average molecular weight is 323 g/mol. The SMILES string of the molecule is Cc1ccc(C(=O)NCC2CCN(c3cccnc3)CC2)c(C)c1. The molecule has 3 rings (SSSR count). The van der Waals surface area contributed by atoms with E-state index in [1.54, 1.807) is 6.20 Å². The smallest absolute Gasteiger partial charge is 0.251 e. The first kappa shape index (κ1) is 16.5. The van der Waals surface area contributed by atoms with Crippen LogP contribution in [0.5, 0.6) is 0 Å². The molecular weight excluding hydrogens is 298 g/mol. The first-order chi connectivity index (χ1) is 11.6. The molecule has 1 amide bonds. The van der Waals surface area contributed by atoms with Crippen molar-refractivity contribution >= 4 is 11.6 Å². The molecule has 0 bridgehead atoms. The minimum atomic E-state index is 0.0437. The summed E-state index contributed by atoms with van der Waals surface area (Å²) in [6.07, 6.45) is 5.92. The minimum absolute atomic E-state index is 0.0437. The summed E-state index contributed by atoms with van der Waals surface area (Å²) in [5.74, 6) is 0.592. The van der Waals surface area contributed by atoms with Crippen molar-refractivity contribution in [2.75, 3.05) is 24.5 Å². The number of hydrogen-bond donors (Lipinski definition) is 1. The standard InChI is InChI=1S/C20H25N3O/c1-15-5-6-19(16(2)12-15)20(24)22-13-17-7-10-23(11-8-17)18-4-3-9-21-14-18/h3-6,9,12,14,17H,7-8,10-11,13H2,1-2H3,(H,22,24). The van der Waals surface area contributed by atoms with Gasteiger partial charge in [-0.2, -0.15) is 0 Å². The number of hydrogen-bond acceptors (Lipinski definition) is 3. The van der Waals surface area contributed by atoms with Gasteiger partial charge in [-0.25, -0.2) is 0 Å². The Balaban J connectivity index is 1.49. The third-order valence-electron chi connectivity index (χ3n) is 4.80. The molecule has 24 heavy (non-hydrogen) atoms. The number of nitrogens with one attached hydrogen (secondary N) is 1. The normalized spacial score (nSPS) is 15.3. The zero-order chi connectivity index (χ0) is 16.9. The molecule has 1 fully saturated rings. The Bertz CT molecular complexity index is 691. The first-order valence-electron chi connectivity index (χ1n) is 8.64. The molecule has 1 N–H and O–H groups in total. The zero-order valence-electron chi connectivity index (χ0n) is 14.5. The summed E-state index contributed by atoms with van der Waals surface area (Å²) in [4.78, 5) is 18.9. The molecule has 0 atom stereocenters. The van der Waals surface area contributed by atoms with Crippen molar-refractivity contribution < 1.29 is 4.79 Å². The third kappa shape index (κ3) is 3.94. The van der Waals surface area contributed by atoms with Crippen molar-refractivity contribution in [3.63, 3.8) is 0 Å². The molecule has 0 unspecified atom stereocenters. The minimum Gasteiger partial charge on any atom is -0.370 e. The van der Waals surface area contributed by atoms with Crippen molar-refractivity contribution in [2.45, 2.75) is 26.7 Å². The topological polar surface area (TPSA) is 45.2 Å². The van der Waals surface area contributed by atoms with Gasteiger partial charge in [0, 0.05) is 31.4 Å². The Hall–Kier alpha value is -2.36. The maximum absolute atomic E-state index is 12.4. The highest BCUT2D eigenvalue weighted by Gasteiger charge is 2.20. The van der Waals surface area contributed by atoms with Gasteiger partial charge in [-0.1, -0.05) is 17.7 Å². The summed E-state index contributed by atoms with van der Waals surface area (Å²) in [7, 11) is 0. The maximum Gasteiger partial charge on any atom is 0.251 e. The average Bonchev–Trinajstić information content (AvgIpc) is 2.61. The summed E-state index contributed by atoms with van der Waals surface area (Å²) in [6.45, 7) is 6.84. The fourth-order valence-electron chi connectivity index (χ4n) is 3.34. The zero-order valence-corrected chi connectivity index (χ0v) is 14.5. The number of aryl methyl sites for hydroxylation is 2. The highest BCUT2D eigenvalue weighted by Crippen LogP contribution is 2.22. The van der Waals surface area contributed by atoms with Gasteiger partial charge in [-0.15, -0.1) is 0 Å². The summed E-state index contributed by atoms with van der Waals surface area (Å²) in [5, 5.41) is 3.11. The van der Waals surface area contributed by atoms with Crippen LogP contribution in [0, 0.1) is 19.8 Å². The molecule has 1 aliphatic rings. The van der Waals surface area contributed by atoms with Crippen molar-refractivity contribution in [1.29, 1.82) is 0 Å². The van der Waals surface area contributed by atoms with Gasteiger partial charge in [0.1, 0.15) is 0 Å². The van der Waals surface area contributed by atoms with Gasteiger partial charge in [0.05, 0.1) is 11.9 Å². The molecule has 0 saturated carbocycles. The lowest BCUT2D eigenvalue weighted by molar-refractivity contribution is 0.0944. The number of benzene rings is 1. The Morgan fingerprint density at radius 1 is 1.25 bits per heavy atom. The second kappa shape index (κ2) is 7.47. The van der Waals surface area contributed by atoms with Gasteiger partial charge >= 0.3 is 0 Å². The lowest BCUT2D eigenvalue weighted by Crippen LogP contribution is -2.38. The van der Waals surface area contributed by atoms with E-state index in [9.17, 15) is 4.79 Å². The second-order valence-corrected chi connectivity index (χ2v) is 6.67. The van der Waals surface area contributed by atoms with E-state index in [0.717, 1.165) is 43.6 Å². The number of anilines is 1. The number of piperidine rings is 1. The number of pyridine rings is 1. The summed E-state index contributed by atoms with van der Waals surface area (Å²) < 4.78 is 0. The third-order valence-corrected chi connectivity index (χ3v) is 4.80. The van der Waals surface area contributed by atoms with Crippen LogP contribution in [0.15, 0.2) is 42.7 Å². The van der Waals surface area contributed by atoms with E-state index < -0.39 is 0 Å². The molecule has 126 valence electrons. The molecule has 1 aliphatic heterocycles. The fraction of sp³-hybridized carbons (Fsp3) is 0.400. The van der Waals surface area contributed by atoms with E-state index in [2.05, 4.69) is 27.3 Å². The number of carbonyl (C=O) groups is 1. The van der Waals surface area contributed by atoms with Gasteiger partial charge in [0.2, 0.25) is 0 Å². The monoisotopic (exact) mass is 323 g/mol. The highest BCUT2D eigenvalue weighted by atomic mass is 16.1. The van der Waals surface area contributed by atoms with Crippen LogP contribution in [-0.4, -0.2) is 30.5 Å². The number of rotatable bonds is 4. The molecule has 0 radical (unpaired) electrons. The van der Waals surface area contributed by atoms with E-state index in [1.165, 1.54) is 11.3 Å². The molecule has 2 aromatic rings. The lowest BCUT2D eigenvalue weighted by atomic mass is 9.96. The first-order valence-corrected chi connectivity index (χ1v) is 8.64. The lowest BCUT2D eigenvalue weighted by Gasteiger charge is -2.33. The van der Waals surface area contributed by atoms with Gasteiger partial charge in [-0.3, -0.25) is 9.78 Å². The van der Waals surface area contributed by atoms with E-state index >= 15 is 0 Å². The van der Waals surface area contributed by atoms with Crippen LogP contribution < -0.4 is 10.2 Å². The van der Waals surface area contributed by atoms with Crippen LogP contribution in [0.1, 0.15) is 34.3 Å². The Morgan fingerprint density at radius 3 is 2.71 bits per heavy atom. The van der Waals surface area contributed by atoms with Crippen LogP contribution in [0.4, 0.5) is 5.69 Å². The van der Waals surface area contributed by atoms with Crippen LogP contribution in [0.2, 0.25) is 0 Å². The predicted molar refractivity (Wildman–Crippen MR) is 97.4 cm³/mol. The van der Waals surface area contributed by atoms with Crippen molar-refractivity contribution in [3.8, 4) is 0 Å². The van der Waals surface area contributed by atoms with E-state index in [0.29, 0.717) is 5.92 Å². The largest absolute Gasteiger partial charge is 0.370 e. The summed E-state index contributed by atoms with van der Waals surface area (Å²) >= 11 is 0. The van der Waals surface area contributed by atoms with Crippen molar-refractivity contribution in [3.05, 3.63) is 59.4 Å². The van der Waals surface area contributed by atoms with Gasteiger partial charge in [0.25, 0.3) is 5.91 Å². The molecule has 1 saturated heterocycles. The second-order valence-electron chi connectivity index (χ2n) is 6.67. The van der Waals surface area contributed by atoms with E-state index in [1.807, 2.05) is 38.2 Å². The van der Waals surface area contributed by atoms with Crippen LogP contribution >= 0.6 is 0 Å². The van der Waals surface area contributed by atoms with Crippen molar-refractivity contribution in [1.82, 2.24) is 10.3 Å². The Labute approximate surface area is 143 Å². The van der Waals surface area contributed by atoms with Gasteiger partial charge in [0.15, 0.2) is 0 Å². The fourth-order valence-corrected chi connectivity index (χ4v) is 3.34. The predicted octanol–water partition coefficient (Wildman–Crippen LogP) is 3.34. The Kier molecular flexibility index (Phi) is 5.14. The molecule has 2 heterocycles. The molecule has 1 aromatic carbocycles. The molecule has 0 aliphatic carbocycles. The number of nitrogens with zero attached hydrogens (tertiary/aromatic N) is 2. The molecule has 4 nitrogen and oxygen atoms in total. The number of amides is 1. The summed E-state index contributed by atoms with van der Waals surface area (Å²) in [6, 6.07) is 10.1. The molecular formula is C20H25N3O. The van der Waals surface area contributed by atoms with Crippen LogP contribution in [0.3, 0.4) is 0 Å². The maximum atomic E-state index is 12.4. The van der Waals surface area contributed by atoms with Gasteiger partial charge < -0.3 is 10.2 Å². The number of aromatic nitrogens is 1. The quantitative estimate of drug-likeness (QED) is 0.938. The molecule has 4 heteroatoms. The summed E-state index contributed by atoms with van der Waals surface area (Å²) in [5.41, 5.74) is 4.20. The van der Waals surface area contributed by atoms with Gasteiger partial charge in [-0.05, 0) is 56.4 Å². The molecule has 1 aromatic heterocycles. The molecule has 0 spiro atoms. The van der Waals surface area contributed by atoms with E-state index in [-0.39, 0.29) is 5.91 Å². The van der Waals surface area contributed by atoms with Crippen LogP contribution in [0.25, 0.3) is 0 Å².